The minimum Gasteiger partial charge on any atom is -0.462 e. The van der Waals surface area contributed by atoms with Gasteiger partial charge < -0.3 is 14.5 Å². The van der Waals surface area contributed by atoms with Crippen LogP contribution in [0.2, 0.25) is 0 Å². The van der Waals surface area contributed by atoms with Crippen LogP contribution in [0.15, 0.2) is 40.9 Å². The van der Waals surface area contributed by atoms with Crippen molar-refractivity contribution in [3.8, 4) is 0 Å². The van der Waals surface area contributed by atoms with Gasteiger partial charge in [0.25, 0.3) is 0 Å². The topological polar surface area (TPSA) is 50.5 Å². The van der Waals surface area contributed by atoms with Crippen LogP contribution in [0.1, 0.15) is 57.8 Å². The predicted molar refractivity (Wildman–Crippen MR) is 107 cm³/mol. The first-order valence-corrected chi connectivity index (χ1v) is 9.76. The summed E-state index contributed by atoms with van der Waals surface area (Å²) in [4.78, 5) is 7.07. The lowest BCUT2D eigenvalue weighted by Crippen LogP contribution is -2.62. The zero-order chi connectivity index (χ0) is 19.5. The molecule has 0 unspecified atom stereocenters. The summed E-state index contributed by atoms with van der Waals surface area (Å²) in [7, 11) is 1.69. The molecule has 3 heterocycles. The molecule has 27 heavy (non-hydrogen) atoms. The normalized spacial score (nSPS) is 19.5. The SMILES string of the molecule is COCc1ccc(CN(Cc2ccccn2)C2CC(C)(C)NC(C)(C)C2)o1. The van der Waals surface area contributed by atoms with Crippen molar-refractivity contribution in [2.45, 2.75) is 77.4 Å². The highest BCUT2D eigenvalue weighted by atomic mass is 16.5. The van der Waals surface area contributed by atoms with Gasteiger partial charge >= 0.3 is 0 Å². The number of methoxy groups -OCH3 is 1. The number of aromatic nitrogens is 1. The summed E-state index contributed by atoms with van der Waals surface area (Å²) in [6.45, 7) is 11.3. The van der Waals surface area contributed by atoms with Crippen molar-refractivity contribution in [3.05, 3.63) is 53.7 Å². The molecule has 0 bridgehead atoms. The van der Waals surface area contributed by atoms with Crippen LogP contribution in [-0.2, 0) is 24.4 Å². The third-order valence-electron chi connectivity index (χ3n) is 5.14. The zero-order valence-corrected chi connectivity index (χ0v) is 17.3. The van der Waals surface area contributed by atoms with Crippen LogP contribution in [0.3, 0.4) is 0 Å². The van der Waals surface area contributed by atoms with Gasteiger partial charge in [-0.25, -0.2) is 0 Å². The van der Waals surface area contributed by atoms with Crippen LogP contribution in [0.25, 0.3) is 0 Å². The van der Waals surface area contributed by atoms with Crippen LogP contribution < -0.4 is 5.32 Å². The second kappa shape index (κ2) is 8.13. The standard InChI is InChI=1S/C22H33N3O2/c1-21(2)12-18(13-22(3,4)24-21)25(14-17-8-6-7-11-23-17)15-19-9-10-20(27-19)16-26-5/h6-11,18,24H,12-16H2,1-5H3. The molecule has 3 rings (SSSR count). The molecule has 148 valence electrons. The fourth-order valence-corrected chi connectivity index (χ4v) is 4.47. The summed E-state index contributed by atoms with van der Waals surface area (Å²) in [5.74, 6) is 1.85. The molecule has 0 aliphatic carbocycles. The van der Waals surface area contributed by atoms with E-state index in [0.717, 1.165) is 43.1 Å². The highest BCUT2D eigenvalue weighted by molar-refractivity contribution is 5.10. The first-order valence-electron chi connectivity index (χ1n) is 9.76. The maximum Gasteiger partial charge on any atom is 0.129 e. The van der Waals surface area contributed by atoms with E-state index in [1.54, 1.807) is 7.11 Å². The molecule has 1 fully saturated rings. The predicted octanol–water partition coefficient (Wildman–Crippen LogP) is 4.13. The van der Waals surface area contributed by atoms with Crippen molar-refractivity contribution in [2.24, 2.45) is 0 Å². The molecular formula is C22H33N3O2. The average molecular weight is 372 g/mol. The fraction of sp³-hybridized carbons (Fsp3) is 0.591. The smallest absolute Gasteiger partial charge is 0.129 e. The van der Waals surface area contributed by atoms with Crippen molar-refractivity contribution in [1.29, 1.82) is 0 Å². The molecule has 1 aliphatic rings. The first-order chi connectivity index (χ1) is 12.8. The second-order valence-electron chi connectivity index (χ2n) is 8.98. The zero-order valence-electron chi connectivity index (χ0n) is 17.3. The van der Waals surface area contributed by atoms with Crippen molar-refractivity contribution < 1.29 is 9.15 Å². The number of rotatable bonds is 7. The molecular weight excluding hydrogens is 338 g/mol. The van der Waals surface area contributed by atoms with Gasteiger partial charge in [0, 0.05) is 37.0 Å². The van der Waals surface area contributed by atoms with Crippen molar-refractivity contribution in [3.63, 3.8) is 0 Å². The van der Waals surface area contributed by atoms with Crippen molar-refractivity contribution in [1.82, 2.24) is 15.2 Å². The molecule has 1 N–H and O–H groups in total. The highest BCUT2D eigenvalue weighted by Gasteiger charge is 2.40. The lowest BCUT2D eigenvalue weighted by atomic mass is 9.79. The summed E-state index contributed by atoms with van der Waals surface area (Å²) in [6, 6.07) is 10.7. The van der Waals surface area contributed by atoms with Gasteiger partial charge in [-0.1, -0.05) is 6.07 Å². The van der Waals surface area contributed by atoms with Gasteiger partial charge in [0.2, 0.25) is 0 Å². The Bertz CT molecular complexity index is 708. The van der Waals surface area contributed by atoms with E-state index in [2.05, 4.69) is 61.1 Å². The summed E-state index contributed by atoms with van der Waals surface area (Å²) < 4.78 is 11.2. The largest absolute Gasteiger partial charge is 0.462 e. The number of nitrogens with one attached hydrogen (secondary N) is 1. The Morgan fingerprint density at radius 1 is 1.07 bits per heavy atom. The third-order valence-corrected chi connectivity index (χ3v) is 5.14. The van der Waals surface area contributed by atoms with Crippen LogP contribution in [-0.4, -0.2) is 34.1 Å². The summed E-state index contributed by atoms with van der Waals surface area (Å²) in [5, 5.41) is 3.78. The van der Waals surface area contributed by atoms with Gasteiger partial charge in [0.05, 0.1) is 12.2 Å². The van der Waals surface area contributed by atoms with Crippen LogP contribution in [0.4, 0.5) is 0 Å². The van der Waals surface area contributed by atoms with E-state index in [0.29, 0.717) is 12.6 Å². The molecule has 1 saturated heterocycles. The van der Waals surface area contributed by atoms with E-state index in [1.807, 2.05) is 18.3 Å². The number of nitrogens with zero attached hydrogens (tertiary/aromatic N) is 2. The van der Waals surface area contributed by atoms with Crippen molar-refractivity contribution in [2.75, 3.05) is 7.11 Å². The van der Waals surface area contributed by atoms with Gasteiger partial charge in [-0.05, 0) is 64.8 Å². The number of hydrogen-bond donors (Lipinski definition) is 1. The van der Waals surface area contributed by atoms with Gasteiger partial charge in [0.1, 0.15) is 18.1 Å². The van der Waals surface area contributed by atoms with E-state index in [-0.39, 0.29) is 11.1 Å². The Morgan fingerprint density at radius 2 is 1.78 bits per heavy atom. The van der Waals surface area contributed by atoms with Crippen LogP contribution in [0, 0.1) is 0 Å². The summed E-state index contributed by atoms with van der Waals surface area (Å²) in [6.07, 6.45) is 4.05. The Labute approximate surface area is 163 Å². The minimum atomic E-state index is 0.0964. The lowest BCUT2D eigenvalue weighted by Gasteiger charge is -2.49. The summed E-state index contributed by atoms with van der Waals surface area (Å²) >= 11 is 0. The molecule has 0 saturated carbocycles. The molecule has 0 spiro atoms. The Balaban J connectivity index is 1.82. The van der Waals surface area contributed by atoms with Gasteiger partial charge in [-0.15, -0.1) is 0 Å². The number of furan rings is 1. The molecule has 2 aromatic heterocycles. The Kier molecular flexibility index (Phi) is 6.04. The van der Waals surface area contributed by atoms with Gasteiger partial charge in [-0.2, -0.15) is 0 Å². The number of ether oxygens (including phenoxy) is 1. The highest BCUT2D eigenvalue weighted by Crippen LogP contribution is 2.33. The van der Waals surface area contributed by atoms with Gasteiger partial charge in [-0.3, -0.25) is 9.88 Å². The summed E-state index contributed by atoms with van der Waals surface area (Å²) in [5.41, 5.74) is 1.29. The minimum absolute atomic E-state index is 0.0964. The number of piperidine rings is 1. The van der Waals surface area contributed by atoms with Crippen molar-refractivity contribution >= 4 is 0 Å². The van der Waals surface area contributed by atoms with E-state index >= 15 is 0 Å². The molecule has 2 aromatic rings. The molecule has 0 amide bonds. The first kappa shape index (κ1) is 20.1. The lowest BCUT2D eigenvalue weighted by molar-refractivity contribution is 0.0507. The van der Waals surface area contributed by atoms with E-state index < -0.39 is 0 Å². The molecule has 0 radical (unpaired) electrons. The van der Waals surface area contributed by atoms with E-state index in [9.17, 15) is 0 Å². The second-order valence-corrected chi connectivity index (χ2v) is 8.98. The van der Waals surface area contributed by atoms with E-state index in [4.69, 9.17) is 9.15 Å². The van der Waals surface area contributed by atoms with Crippen LogP contribution >= 0.6 is 0 Å². The molecule has 5 nitrogen and oxygen atoms in total. The third kappa shape index (κ3) is 5.64. The van der Waals surface area contributed by atoms with E-state index in [1.165, 1.54) is 0 Å². The Hall–Kier alpha value is -1.69. The van der Waals surface area contributed by atoms with Gasteiger partial charge in [0.15, 0.2) is 0 Å². The molecule has 0 aromatic carbocycles. The average Bonchev–Trinajstić information content (AvgIpc) is 3.00. The Morgan fingerprint density at radius 3 is 2.41 bits per heavy atom. The fourth-order valence-electron chi connectivity index (χ4n) is 4.47. The van der Waals surface area contributed by atoms with Crippen LogP contribution in [0.5, 0.6) is 0 Å². The maximum atomic E-state index is 5.98. The molecule has 0 atom stereocenters. The number of pyridine rings is 1. The molecule has 1 aliphatic heterocycles. The quantitative estimate of drug-likeness (QED) is 0.793. The monoisotopic (exact) mass is 371 g/mol. The maximum absolute atomic E-state index is 5.98. The molecule has 5 heteroatoms. The number of hydrogen-bond acceptors (Lipinski definition) is 5.